The van der Waals surface area contributed by atoms with Crippen molar-refractivity contribution in [3.8, 4) is 0 Å². The summed E-state index contributed by atoms with van der Waals surface area (Å²) in [6.45, 7) is 6.91. The summed E-state index contributed by atoms with van der Waals surface area (Å²) < 4.78 is 1.37. The summed E-state index contributed by atoms with van der Waals surface area (Å²) in [5.41, 5.74) is 0.378. The third-order valence-electron chi connectivity index (χ3n) is 2.11. The van der Waals surface area contributed by atoms with Gasteiger partial charge in [-0.3, -0.25) is 0 Å². The molecule has 0 saturated heterocycles. The van der Waals surface area contributed by atoms with Gasteiger partial charge in [0.1, 0.15) is 0 Å². The Bertz CT molecular complexity index is 250. The van der Waals surface area contributed by atoms with Gasteiger partial charge < -0.3 is 0 Å². The largest absolute Gasteiger partial charge is 0.147 e. The summed E-state index contributed by atoms with van der Waals surface area (Å²) >= 11 is 4.27. The summed E-state index contributed by atoms with van der Waals surface area (Å²) in [5, 5.41) is 2.23. The molecule has 0 atom stereocenters. The standard InChI is InChI=1S/C10H15IS/c1-4-5-10(2,3)9-6-8(11)7-12-9/h6-7H,4-5H2,1-3H3. The zero-order valence-corrected chi connectivity index (χ0v) is 10.8. The molecule has 0 fully saturated rings. The predicted octanol–water partition coefficient (Wildman–Crippen LogP) is 4.43. The van der Waals surface area contributed by atoms with Gasteiger partial charge in [0.25, 0.3) is 0 Å². The van der Waals surface area contributed by atoms with E-state index in [1.807, 2.05) is 11.3 Å². The third kappa shape index (κ3) is 2.46. The SMILES string of the molecule is CCCC(C)(C)c1cc(I)cs1. The van der Waals surface area contributed by atoms with Crippen LogP contribution in [0.25, 0.3) is 0 Å². The van der Waals surface area contributed by atoms with E-state index in [4.69, 9.17) is 0 Å². The Morgan fingerprint density at radius 3 is 2.58 bits per heavy atom. The molecule has 1 aromatic heterocycles. The molecule has 0 unspecified atom stereocenters. The first-order valence-corrected chi connectivity index (χ1v) is 6.26. The fraction of sp³-hybridized carbons (Fsp3) is 0.600. The molecule has 0 amide bonds. The molecule has 0 saturated carbocycles. The lowest BCUT2D eigenvalue weighted by Crippen LogP contribution is -2.14. The molecule has 68 valence electrons. The number of hydrogen-bond donors (Lipinski definition) is 0. The molecular formula is C10H15IS. The molecule has 0 aliphatic heterocycles. The molecule has 0 radical (unpaired) electrons. The van der Waals surface area contributed by atoms with Gasteiger partial charge in [-0.2, -0.15) is 0 Å². The van der Waals surface area contributed by atoms with Crippen LogP contribution in [0, 0.1) is 3.57 Å². The highest BCUT2D eigenvalue weighted by molar-refractivity contribution is 14.1. The summed E-state index contributed by atoms with van der Waals surface area (Å²) in [4.78, 5) is 1.52. The van der Waals surface area contributed by atoms with Crippen LogP contribution in [0.3, 0.4) is 0 Å². The van der Waals surface area contributed by atoms with Crippen molar-refractivity contribution in [2.75, 3.05) is 0 Å². The Balaban J connectivity index is 2.81. The van der Waals surface area contributed by atoms with Crippen molar-refractivity contribution in [1.82, 2.24) is 0 Å². The van der Waals surface area contributed by atoms with Crippen LogP contribution < -0.4 is 0 Å². The first kappa shape index (κ1) is 10.5. The van der Waals surface area contributed by atoms with Crippen LogP contribution in [0.2, 0.25) is 0 Å². The van der Waals surface area contributed by atoms with Crippen molar-refractivity contribution in [3.63, 3.8) is 0 Å². The molecule has 0 aliphatic rings. The Morgan fingerprint density at radius 1 is 1.50 bits per heavy atom. The van der Waals surface area contributed by atoms with Gasteiger partial charge in [-0.15, -0.1) is 11.3 Å². The van der Waals surface area contributed by atoms with Crippen molar-refractivity contribution in [2.24, 2.45) is 0 Å². The van der Waals surface area contributed by atoms with Gasteiger partial charge in [0.05, 0.1) is 0 Å². The molecule has 0 aliphatic carbocycles. The van der Waals surface area contributed by atoms with Crippen LogP contribution in [0.1, 0.15) is 38.5 Å². The van der Waals surface area contributed by atoms with Crippen LogP contribution in [0.5, 0.6) is 0 Å². The van der Waals surface area contributed by atoms with E-state index in [-0.39, 0.29) is 0 Å². The lowest BCUT2D eigenvalue weighted by molar-refractivity contribution is 0.482. The molecule has 0 spiro atoms. The third-order valence-corrected chi connectivity index (χ3v) is 4.45. The van der Waals surface area contributed by atoms with E-state index in [9.17, 15) is 0 Å². The number of rotatable bonds is 3. The van der Waals surface area contributed by atoms with Crippen molar-refractivity contribution >= 4 is 33.9 Å². The lowest BCUT2D eigenvalue weighted by atomic mass is 9.86. The first-order valence-electron chi connectivity index (χ1n) is 4.31. The quantitative estimate of drug-likeness (QED) is 0.723. The van der Waals surface area contributed by atoms with Crippen molar-refractivity contribution in [2.45, 2.75) is 39.0 Å². The molecule has 0 bridgehead atoms. The second kappa shape index (κ2) is 4.09. The second-order valence-corrected chi connectivity index (χ2v) is 5.92. The van der Waals surface area contributed by atoms with E-state index < -0.39 is 0 Å². The molecule has 1 heterocycles. The van der Waals surface area contributed by atoms with Gasteiger partial charge in [0, 0.05) is 13.8 Å². The zero-order valence-electron chi connectivity index (χ0n) is 7.86. The highest BCUT2D eigenvalue weighted by atomic mass is 127. The van der Waals surface area contributed by atoms with Gasteiger partial charge in [-0.05, 0) is 40.5 Å². The van der Waals surface area contributed by atoms with Gasteiger partial charge in [0.2, 0.25) is 0 Å². The van der Waals surface area contributed by atoms with Gasteiger partial charge in [-0.1, -0.05) is 27.2 Å². The molecule has 0 N–H and O–H groups in total. The Kier molecular flexibility index (Phi) is 3.58. The van der Waals surface area contributed by atoms with Gasteiger partial charge >= 0.3 is 0 Å². The summed E-state index contributed by atoms with van der Waals surface area (Å²) in [7, 11) is 0. The Hall–Kier alpha value is 0.430. The summed E-state index contributed by atoms with van der Waals surface area (Å²) in [5.74, 6) is 0. The summed E-state index contributed by atoms with van der Waals surface area (Å²) in [6, 6.07) is 2.31. The predicted molar refractivity (Wildman–Crippen MR) is 65.0 cm³/mol. The van der Waals surface area contributed by atoms with E-state index in [0.29, 0.717) is 5.41 Å². The van der Waals surface area contributed by atoms with Gasteiger partial charge in [0.15, 0.2) is 0 Å². The summed E-state index contributed by atoms with van der Waals surface area (Å²) in [6.07, 6.45) is 2.55. The maximum Gasteiger partial charge on any atom is 0.0240 e. The van der Waals surface area contributed by atoms with E-state index in [2.05, 4.69) is 54.8 Å². The maximum atomic E-state index is 2.38. The zero-order chi connectivity index (χ0) is 9.19. The van der Waals surface area contributed by atoms with Gasteiger partial charge in [-0.25, -0.2) is 0 Å². The second-order valence-electron chi connectivity index (χ2n) is 3.76. The van der Waals surface area contributed by atoms with Crippen molar-refractivity contribution in [3.05, 3.63) is 19.9 Å². The van der Waals surface area contributed by atoms with Crippen LogP contribution in [-0.4, -0.2) is 0 Å². The van der Waals surface area contributed by atoms with Crippen molar-refractivity contribution < 1.29 is 0 Å². The average Bonchev–Trinajstić information content (AvgIpc) is 2.36. The number of halogens is 1. The smallest absolute Gasteiger partial charge is 0.0240 e. The lowest BCUT2D eigenvalue weighted by Gasteiger charge is -2.21. The Morgan fingerprint density at radius 2 is 2.17 bits per heavy atom. The number of thiophene rings is 1. The molecule has 2 heteroatoms. The molecule has 1 rings (SSSR count). The fourth-order valence-corrected chi connectivity index (χ4v) is 3.24. The first-order chi connectivity index (χ1) is 5.56. The van der Waals surface area contributed by atoms with Crippen LogP contribution in [0.15, 0.2) is 11.4 Å². The minimum Gasteiger partial charge on any atom is -0.147 e. The highest BCUT2D eigenvalue weighted by Crippen LogP contribution is 2.33. The topological polar surface area (TPSA) is 0 Å². The van der Waals surface area contributed by atoms with E-state index >= 15 is 0 Å². The molecule has 0 aromatic carbocycles. The van der Waals surface area contributed by atoms with Crippen LogP contribution >= 0.6 is 33.9 Å². The minimum absolute atomic E-state index is 0.378. The highest BCUT2D eigenvalue weighted by Gasteiger charge is 2.20. The molecule has 1 aromatic rings. The molecule has 12 heavy (non-hydrogen) atoms. The monoisotopic (exact) mass is 294 g/mol. The molecular weight excluding hydrogens is 279 g/mol. The molecule has 0 nitrogen and oxygen atoms in total. The minimum atomic E-state index is 0.378. The normalized spacial score (nSPS) is 12.0. The van der Waals surface area contributed by atoms with E-state index in [0.717, 1.165) is 0 Å². The van der Waals surface area contributed by atoms with Crippen molar-refractivity contribution in [1.29, 1.82) is 0 Å². The van der Waals surface area contributed by atoms with Crippen LogP contribution in [0.4, 0.5) is 0 Å². The van der Waals surface area contributed by atoms with E-state index in [1.54, 1.807) is 0 Å². The Labute approximate surface area is 92.5 Å². The maximum absolute atomic E-state index is 2.38. The van der Waals surface area contributed by atoms with E-state index in [1.165, 1.54) is 21.3 Å². The fourth-order valence-electron chi connectivity index (χ4n) is 1.42. The van der Waals surface area contributed by atoms with Crippen LogP contribution in [-0.2, 0) is 5.41 Å². The average molecular weight is 294 g/mol. The number of hydrogen-bond acceptors (Lipinski definition) is 1.